The highest BCUT2D eigenvalue weighted by atomic mass is 15.1. The minimum absolute atomic E-state index is 0.540. The highest BCUT2D eigenvalue weighted by Crippen LogP contribution is 2.25. The van der Waals surface area contributed by atoms with Crippen molar-refractivity contribution in [3.8, 4) is 0 Å². The van der Waals surface area contributed by atoms with E-state index in [1.54, 1.807) is 0 Å². The van der Waals surface area contributed by atoms with Gasteiger partial charge >= 0.3 is 0 Å². The van der Waals surface area contributed by atoms with Gasteiger partial charge in [-0.3, -0.25) is 0 Å². The molecule has 3 nitrogen and oxygen atoms in total. The number of nitrogens with one attached hydrogen (secondary N) is 1. The number of hydrogen-bond donors (Lipinski definition) is 2. The van der Waals surface area contributed by atoms with Crippen molar-refractivity contribution in [3.63, 3.8) is 0 Å². The predicted octanol–water partition coefficient (Wildman–Crippen LogP) is 1.44. The van der Waals surface area contributed by atoms with Gasteiger partial charge in [0.1, 0.15) is 0 Å². The number of hydrogen-bond acceptors (Lipinski definition) is 3. The Labute approximate surface area is 101 Å². The van der Waals surface area contributed by atoms with Gasteiger partial charge in [-0.05, 0) is 32.9 Å². The summed E-state index contributed by atoms with van der Waals surface area (Å²) in [5.74, 6) is 0.815. The molecule has 3 N–H and O–H groups in total. The van der Waals surface area contributed by atoms with Crippen molar-refractivity contribution in [1.82, 2.24) is 10.2 Å². The van der Waals surface area contributed by atoms with Crippen LogP contribution in [0.5, 0.6) is 0 Å². The maximum absolute atomic E-state index is 5.90. The number of likely N-dealkylation sites (N-methyl/N-ethyl adjacent to an activating group) is 1. The molecule has 1 rings (SSSR count). The van der Waals surface area contributed by atoms with Crippen LogP contribution in [-0.4, -0.2) is 44.7 Å². The van der Waals surface area contributed by atoms with Gasteiger partial charge in [-0.2, -0.15) is 0 Å². The molecule has 3 heteroatoms. The molecule has 1 unspecified atom stereocenters. The van der Waals surface area contributed by atoms with Crippen LogP contribution in [0.1, 0.15) is 38.5 Å². The molecule has 1 aliphatic carbocycles. The zero-order valence-electron chi connectivity index (χ0n) is 11.0. The maximum atomic E-state index is 5.90. The molecule has 0 saturated heterocycles. The van der Waals surface area contributed by atoms with Crippen LogP contribution in [-0.2, 0) is 0 Å². The highest BCUT2D eigenvalue weighted by molar-refractivity contribution is 4.79. The van der Waals surface area contributed by atoms with Gasteiger partial charge in [0, 0.05) is 25.7 Å². The molecule has 0 spiro atoms. The molecule has 0 radical (unpaired) electrons. The SMILES string of the molecule is CN(C)CCNC(CN)C1CCCCCC1. The van der Waals surface area contributed by atoms with E-state index in [1.165, 1.54) is 38.5 Å². The Bertz CT molecular complexity index is 163. The summed E-state index contributed by atoms with van der Waals surface area (Å²) in [7, 11) is 4.23. The fourth-order valence-electron chi connectivity index (χ4n) is 2.63. The first-order chi connectivity index (χ1) is 7.74. The molecule has 0 aromatic heterocycles. The predicted molar refractivity (Wildman–Crippen MR) is 70.6 cm³/mol. The molecule has 1 atom stereocenters. The van der Waals surface area contributed by atoms with Gasteiger partial charge in [0.25, 0.3) is 0 Å². The zero-order valence-corrected chi connectivity index (χ0v) is 11.0. The summed E-state index contributed by atoms with van der Waals surface area (Å²) in [6, 6.07) is 0.540. The smallest absolute Gasteiger partial charge is 0.0219 e. The molecule has 0 heterocycles. The lowest BCUT2D eigenvalue weighted by atomic mass is 9.92. The first-order valence-corrected chi connectivity index (χ1v) is 6.82. The fourth-order valence-corrected chi connectivity index (χ4v) is 2.63. The molecule has 1 aliphatic rings. The Morgan fingerprint density at radius 2 is 1.81 bits per heavy atom. The average Bonchev–Trinajstić information content (AvgIpc) is 2.52. The van der Waals surface area contributed by atoms with E-state index in [1.807, 2.05) is 0 Å². The van der Waals surface area contributed by atoms with Crippen LogP contribution in [0.25, 0.3) is 0 Å². The van der Waals surface area contributed by atoms with Crippen LogP contribution < -0.4 is 11.1 Å². The van der Waals surface area contributed by atoms with Crippen molar-refractivity contribution < 1.29 is 0 Å². The number of nitrogens with two attached hydrogens (primary N) is 1. The van der Waals surface area contributed by atoms with Crippen molar-refractivity contribution in [2.75, 3.05) is 33.7 Å². The summed E-state index contributed by atoms with van der Waals surface area (Å²) >= 11 is 0. The van der Waals surface area contributed by atoms with Gasteiger partial charge in [0.2, 0.25) is 0 Å². The van der Waals surface area contributed by atoms with Gasteiger partial charge in [0.05, 0.1) is 0 Å². The van der Waals surface area contributed by atoms with E-state index in [9.17, 15) is 0 Å². The minimum Gasteiger partial charge on any atom is -0.329 e. The molecule has 96 valence electrons. The molecule has 0 aliphatic heterocycles. The summed E-state index contributed by atoms with van der Waals surface area (Å²) in [5.41, 5.74) is 5.90. The van der Waals surface area contributed by atoms with Gasteiger partial charge < -0.3 is 16.0 Å². The quantitative estimate of drug-likeness (QED) is 0.675. The Hall–Kier alpha value is -0.120. The van der Waals surface area contributed by atoms with Gasteiger partial charge in [0.15, 0.2) is 0 Å². The lowest BCUT2D eigenvalue weighted by Gasteiger charge is -2.26. The van der Waals surface area contributed by atoms with E-state index in [-0.39, 0.29) is 0 Å². The van der Waals surface area contributed by atoms with E-state index < -0.39 is 0 Å². The first-order valence-electron chi connectivity index (χ1n) is 6.82. The Balaban J connectivity index is 2.27. The molecule has 0 bridgehead atoms. The second-order valence-electron chi connectivity index (χ2n) is 5.35. The molecule has 1 fully saturated rings. The molecule has 0 aromatic carbocycles. The monoisotopic (exact) mass is 227 g/mol. The van der Waals surface area contributed by atoms with Crippen LogP contribution in [0, 0.1) is 5.92 Å². The fraction of sp³-hybridized carbons (Fsp3) is 1.00. The lowest BCUT2D eigenvalue weighted by Crippen LogP contribution is -2.44. The molecule has 0 aromatic rings. The molecule has 16 heavy (non-hydrogen) atoms. The molecule has 1 saturated carbocycles. The largest absolute Gasteiger partial charge is 0.329 e. The van der Waals surface area contributed by atoms with Gasteiger partial charge in [-0.15, -0.1) is 0 Å². The standard InChI is InChI=1S/C13H29N3/c1-16(2)10-9-15-13(11-14)12-7-5-3-4-6-8-12/h12-13,15H,3-11,14H2,1-2H3. The maximum Gasteiger partial charge on any atom is 0.0219 e. The summed E-state index contributed by atoms with van der Waals surface area (Å²) in [5, 5.41) is 3.63. The van der Waals surface area contributed by atoms with Crippen molar-refractivity contribution in [3.05, 3.63) is 0 Å². The third-order valence-electron chi connectivity index (χ3n) is 3.69. The molecular formula is C13H29N3. The number of nitrogens with zero attached hydrogens (tertiary/aromatic N) is 1. The Morgan fingerprint density at radius 3 is 2.31 bits per heavy atom. The zero-order chi connectivity index (χ0) is 11.8. The van der Waals surface area contributed by atoms with E-state index >= 15 is 0 Å². The van der Waals surface area contributed by atoms with E-state index in [4.69, 9.17) is 5.73 Å². The normalized spacial score (nSPS) is 21.0. The van der Waals surface area contributed by atoms with E-state index in [2.05, 4.69) is 24.3 Å². The second kappa shape index (κ2) is 8.04. The van der Waals surface area contributed by atoms with Crippen LogP contribution in [0.4, 0.5) is 0 Å². The topological polar surface area (TPSA) is 41.3 Å². The third kappa shape index (κ3) is 5.28. The summed E-state index contributed by atoms with van der Waals surface area (Å²) in [6.45, 7) is 2.95. The third-order valence-corrected chi connectivity index (χ3v) is 3.69. The van der Waals surface area contributed by atoms with Crippen molar-refractivity contribution in [2.45, 2.75) is 44.6 Å². The highest BCUT2D eigenvalue weighted by Gasteiger charge is 2.20. The van der Waals surface area contributed by atoms with Crippen LogP contribution in [0.3, 0.4) is 0 Å². The van der Waals surface area contributed by atoms with E-state index in [0.717, 1.165) is 25.6 Å². The van der Waals surface area contributed by atoms with Crippen molar-refractivity contribution in [2.24, 2.45) is 11.7 Å². The Kier molecular flexibility index (Phi) is 7.01. The van der Waals surface area contributed by atoms with Crippen molar-refractivity contribution in [1.29, 1.82) is 0 Å². The van der Waals surface area contributed by atoms with Crippen LogP contribution >= 0.6 is 0 Å². The van der Waals surface area contributed by atoms with Crippen LogP contribution in [0.15, 0.2) is 0 Å². The van der Waals surface area contributed by atoms with Crippen LogP contribution in [0.2, 0.25) is 0 Å². The second-order valence-corrected chi connectivity index (χ2v) is 5.35. The van der Waals surface area contributed by atoms with Gasteiger partial charge in [-0.1, -0.05) is 25.7 Å². The summed E-state index contributed by atoms with van der Waals surface area (Å²) in [6.07, 6.45) is 8.39. The van der Waals surface area contributed by atoms with E-state index in [0.29, 0.717) is 6.04 Å². The average molecular weight is 227 g/mol. The molecule has 0 amide bonds. The summed E-state index contributed by atoms with van der Waals surface area (Å²) < 4.78 is 0. The summed E-state index contributed by atoms with van der Waals surface area (Å²) in [4.78, 5) is 2.22. The van der Waals surface area contributed by atoms with Gasteiger partial charge in [-0.25, -0.2) is 0 Å². The van der Waals surface area contributed by atoms with Crippen molar-refractivity contribution >= 4 is 0 Å². The molecular weight excluding hydrogens is 198 g/mol. The first kappa shape index (κ1) is 13.9. The lowest BCUT2D eigenvalue weighted by molar-refractivity contribution is 0.306. The Morgan fingerprint density at radius 1 is 1.19 bits per heavy atom. The minimum atomic E-state index is 0.540. The number of rotatable bonds is 6.